The summed E-state index contributed by atoms with van der Waals surface area (Å²) >= 11 is 5.90. The number of hydrogen-bond acceptors (Lipinski definition) is 7. The van der Waals surface area contributed by atoms with Gasteiger partial charge in [-0.05, 0) is 12.0 Å². The molecule has 144 valence electrons. The summed E-state index contributed by atoms with van der Waals surface area (Å²) < 4.78 is 14.7. The molecule has 0 radical (unpaired) electrons. The number of anilines is 1. The molecular formula is C17H23ClN2O6. The maximum Gasteiger partial charge on any atom is 0.342 e. The van der Waals surface area contributed by atoms with Gasteiger partial charge in [0, 0.05) is 6.07 Å². The number of methoxy groups -OCH3 is 2. The third-order valence-corrected chi connectivity index (χ3v) is 4.18. The fourth-order valence-electron chi connectivity index (χ4n) is 2.12. The maximum absolute atomic E-state index is 12.2. The van der Waals surface area contributed by atoms with Gasteiger partial charge in [0.1, 0.15) is 17.4 Å². The molecule has 1 amide bonds. The molecule has 0 saturated heterocycles. The molecule has 0 spiro atoms. The van der Waals surface area contributed by atoms with Crippen molar-refractivity contribution in [2.45, 2.75) is 26.3 Å². The molecule has 9 heteroatoms. The highest BCUT2D eigenvalue weighted by Gasteiger charge is 2.27. The first-order chi connectivity index (χ1) is 12.2. The standard InChI is InChI=1S/C17H23ClN2O6/c1-5-9(2)15(17(23)25-4)20-14(21)8-26-16(22)10-6-11(18)12(19)7-13(10)24-3/h6-7,9,15H,5,8,19H2,1-4H3,(H,20,21)/t9-,15+/m0/s1. The lowest BCUT2D eigenvalue weighted by atomic mass is 9.99. The topological polar surface area (TPSA) is 117 Å². The van der Waals surface area contributed by atoms with Gasteiger partial charge < -0.3 is 25.3 Å². The molecule has 8 nitrogen and oxygen atoms in total. The number of rotatable bonds is 8. The van der Waals surface area contributed by atoms with Crippen LogP contribution in [0.3, 0.4) is 0 Å². The van der Waals surface area contributed by atoms with Gasteiger partial charge in [-0.25, -0.2) is 9.59 Å². The first kappa shape index (κ1) is 21.6. The number of benzene rings is 1. The zero-order chi connectivity index (χ0) is 19.9. The Hall–Kier alpha value is -2.48. The van der Waals surface area contributed by atoms with Crippen LogP contribution in [0.4, 0.5) is 5.69 Å². The second-order valence-electron chi connectivity index (χ2n) is 5.60. The van der Waals surface area contributed by atoms with Crippen molar-refractivity contribution in [2.75, 3.05) is 26.6 Å². The third kappa shape index (κ3) is 5.52. The van der Waals surface area contributed by atoms with E-state index in [1.165, 1.54) is 26.4 Å². The molecule has 0 aliphatic rings. The summed E-state index contributed by atoms with van der Waals surface area (Å²) in [7, 11) is 2.60. The molecule has 0 heterocycles. The van der Waals surface area contributed by atoms with Crippen LogP contribution in [0.1, 0.15) is 30.6 Å². The molecule has 0 bridgehead atoms. The minimum absolute atomic E-state index is 0.0333. The predicted octanol–water partition coefficient (Wildman–Crippen LogP) is 1.79. The van der Waals surface area contributed by atoms with Gasteiger partial charge in [0.25, 0.3) is 5.91 Å². The summed E-state index contributed by atoms with van der Waals surface area (Å²) in [5, 5.41) is 2.66. The molecule has 0 fully saturated rings. The van der Waals surface area contributed by atoms with Gasteiger partial charge in [0.2, 0.25) is 0 Å². The summed E-state index contributed by atoms with van der Waals surface area (Å²) in [6.07, 6.45) is 0.654. The number of nitrogen functional groups attached to an aromatic ring is 1. The summed E-state index contributed by atoms with van der Waals surface area (Å²) in [6, 6.07) is 1.86. The van der Waals surface area contributed by atoms with Crippen LogP contribution in [-0.2, 0) is 19.1 Å². The van der Waals surface area contributed by atoms with Crippen molar-refractivity contribution in [1.29, 1.82) is 0 Å². The summed E-state index contributed by atoms with van der Waals surface area (Å²) in [5.74, 6) is -1.97. The Morgan fingerprint density at radius 3 is 2.46 bits per heavy atom. The van der Waals surface area contributed by atoms with Crippen molar-refractivity contribution < 1.29 is 28.6 Å². The van der Waals surface area contributed by atoms with Crippen LogP contribution < -0.4 is 15.8 Å². The van der Waals surface area contributed by atoms with Gasteiger partial charge in [-0.15, -0.1) is 0 Å². The van der Waals surface area contributed by atoms with Crippen LogP contribution in [0.25, 0.3) is 0 Å². The van der Waals surface area contributed by atoms with Crippen LogP contribution in [0, 0.1) is 5.92 Å². The molecule has 0 aliphatic heterocycles. The Labute approximate surface area is 156 Å². The highest BCUT2D eigenvalue weighted by Crippen LogP contribution is 2.29. The van der Waals surface area contributed by atoms with Crippen LogP contribution in [0.15, 0.2) is 12.1 Å². The van der Waals surface area contributed by atoms with Gasteiger partial charge in [-0.1, -0.05) is 31.9 Å². The molecule has 0 unspecified atom stereocenters. The molecule has 1 rings (SSSR count). The lowest BCUT2D eigenvalue weighted by Crippen LogP contribution is -2.47. The Kier molecular flexibility index (Phi) is 8.18. The number of carbonyl (C=O) groups excluding carboxylic acids is 3. The lowest BCUT2D eigenvalue weighted by molar-refractivity contribution is -0.147. The average molecular weight is 387 g/mol. The van der Waals surface area contributed by atoms with E-state index in [0.717, 1.165) is 0 Å². The third-order valence-electron chi connectivity index (χ3n) is 3.86. The van der Waals surface area contributed by atoms with E-state index in [9.17, 15) is 14.4 Å². The Balaban J connectivity index is 2.76. The van der Waals surface area contributed by atoms with Gasteiger partial charge in [-0.3, -0.25) is 4.79 Å². The van der Waals surface area contributed by atoms with E-state index in [1.807, 2.05) is 6.92 Å². The molecule has 2 atom stereocenters. The molecule has 3 N–H and O–H groups in total. The Morgan fingerprint density at radius 1 is 1.27 bits per heavy atom. The summed E-state index contributed by atoms with van der Waals surface area (Å²) in [5.41, 5.74) is 5.93. The van der Waals surface area contributed by atoms with Crippen molar-refractivity contribution in [2.24, 2.45) is 5.92 Å². The van der Waals surface area contributed by atoms with Crippen LogP contribution in [0.2, 0.25) is 5.02 Å². The number of carbonyl (C=O) groups is 3. The smallest absolute Gasteiger partial charge is 0.342 e. The van der Waals surface area contributed by atoms with Gasteiger partial charge >= 0.3 is 11.9 Å². The van der Waals surface area contributed by atoms with Crippen molar-refractivity contribution in [3.05, 3.63) is 22.7 Å². The molecule has 0 aromatic heterocycles. The Bertz CT molecular complexity index is 679. The van der Waals surface area contributed by atoms with Gasteiger partial charge in [-0.2, -0.15) is 0 Å². The molecule has 0 aliphatic carbocycles. The van der Waals surface area contributed by atoms with E-state index < -0.39 is 30.5 Å². The number of nitrogens with two attached hydrogens (primary N) is 1. The number of esters is 2. The lowest BCUT2D eigenvalue weighted by Gasteiger charge is -2.21. The predicted molar refractivity (Wildman–Crippen MR) is 96.1 cm³/mol. The second kappa shape index (κ2) is 9.86. The molecule has 26 heavy (non-hydrogen) atoms. The fourth-order valence-corrected chi connectivity index (χ4v) is 2.28. The number of nitrogens with one attached hydrogen (secondary N) is 1. The quantitative estimate of drug-likeness (QED) is 0.516. The highest BCUT2D eigenvalue weighted by molar-refractivity contribution is 6.33. The van der Waals surface area contributed by atoms with Crippen molar-refractivity contribution in [1.82, 2.24) is 5.32 Å². The van der Waals surface area contributed by atoms with Crippen LogP contribution >= 0.6 is 11.6 Å². The van der Waals surface area contributed by atoms with Gasteiger partial charge in [0.05, 0.1) is 24.9 Å². The van der Waals surface area contributed by atoms with Crippen LogP contribution in [0.5, 0.6) is 5.75 Å². The zero-order valence-corrected chi connectivity index (χ0v) is 15.9. The van der Waals surface area contributed by atoms with Crippen LogP contribution in [-0.4, -0.2) is 44.7 Å². The second-order valence-corrected chi connectivity index (χ2v) is 6.01. The van der Waals surface area contributed by atoms with E-state index in [-0.39, 0.29) is 27.9 Å². The summed E-state index contributed by atoms with van der Waals surface area (Å²) in [6.45, 7) is 3.10. The van der Waals surface area contributed by atoms with E-state index >= 15 is 0 Å². The molecule has 0 saturated carbocycles. The molecule has 1 aromatic carbocycles. The maximum atomic E-state index is 12.2. The minimum atomic E-state index is -0.822. The largest absolute Gasteiger partial charge is 0.496 e. The SMILES string of the molecule is CC[C@H](C)[C@@H](NC(=O)COC(=O)c1cc(Cl)c(N)cc1OC)C(=O)OC. The number of ether oxygens (including phenoxy) is 3. The van der Waals surface area contributed by atoms with E-state index in [2.05, 4.69) is 10.1 Å². The van der Waals surface area contributed by atoms with E-state index in [4.69, 9.17) is 26.8 Å². The minimum Gasteiger partial charge on any atom is -0.496 e. The molecular weight excluding hydrogens is 364 g/mol. The summed E-state index contributed by atoms with van der Waals surface area (Å²) in [4.78, 5) is 36.0. The van der Waals surface area contributed by atoms with Gasteiger partial charge in [0.15, 0.2) is 6.61 Å². The van der Waals surface area contributed by atoms with Crippen molar-refractivity contribution >= 4 is 35.1 Å². The van der Waals surface area contributed by atoms with E-state index in [0.29, 0.717) is 6.42 Å². The monoisotopic (exact) mass is 386 g/mol. The highest BCUT2D eigenvalue weighted by atomic mass is 35.5. The number of halogens is 1. The van der Waals surface area contributed by atoms with Crippen molar-refractivity contribution in [3.63, 3.8) is 0 Å². The van der Waals surface area contributed by atoms with Crippen molar-refractivity contribution in [3.8, 4) is 5.75 Å². The first-order valence-corrected chi connectivity index (χ1v) is 8.30. The Morgan fingerprint density at radius 2 is 1.92 bits per heavy atom. The molecule has 1 aromatic rings. The first-order valence-electron chi connectivity index (χ1n) is 7.92. The fraction of sp³-hybridized carbons (Fsp3) is 0.471. The normalized spacial score (nSPS) is 12.7. The average Bonchev–Trinajstić information content (AvgIpc) is 2.64. The number of amides is 1. The zero-order valence-electron chi connectivity index (χ0n) is 15.1. The van der Waals surface area contributed by atoms with E-state index in [1.54, 1.807) is 6.92 Å². The number of hydrogen-bond donors (Lipinski definition) is 2.